The molecule has 0 aliphatic rings. The zero-order valence-electron chi connectivity index (χ0n) is 70.0. The van der Waals surface area contributed by atoms with E-state index in [2.05, 4.69) is 93.7 Å². The zero-order chi connectivity index (χ0) is 89.5. The number of amides is 11. The summed E-state index contributed by atoms with van der Waals surface area (Å²) < 4.78 is 22.6. The predicted molar refractivity (Wildman–Crippen MR) is 471 cm³/mol. The largest absolute Gasteiger partial charge is 0.379 e. The SMILES string of the molecule is CC(=O)N[C@@H](Cc1cnc[nH]1)C(=O)N[C@H](Cc1ccc2ccccc2c1)C(=O)N[C@@H](CCCNC(=N)N)C(=O)N[C@@H](Cc1c[nH]c2ccccc12)C(=O)NCCCOCCOCCOCCCNC(=O)COCC(=O)N[C@@H](Cc1cnc[nH]1)C(=O)N[C@H](Cc1ccc2ccccc2c1)C(=O)N[C@@H](CCCNC(=N)N)C(=O)N[C@@H](Cc1c[nH]c2ccccc12)C(N)=O. The molecular formula is C88H111N23O15. The Bertz CT molecular complexity index is 5310. The van der Waals surface area contributed by atoms with Crippen molar-refractivity contribution in [3.8, 4) is 0 Å². The number of carbonyl (C=O) groups excluding carboxylic acids is 11. The molecule has 0 saturated carbocycles. The molecule has 668 valence electrons. The van der Waals surface area contributed by atoms with Gasteiger partial charge in [-0.3, -0.25) is 63.6 Å². The Morgan fingerprint density at radius 1 is 0.365 bits per heavy atom. The van der Waals surface area contributed by atoms with Crippen LogP contribution in [0.2, 0.25) is 0 Å². The number of carbonyl (C=O) groups is 11. The Labute approximate surface area is 726 Å². The molecule has 10 aromatic rings. The quantitative estimate of drug-likeness (QED) is 0.0144. The summed E-state index contributed by atoms with van der Waals surface area (Å²) in [5, 5.41) is 53.9. The van der Waals surface area contributed by atoms with Crippen LogP contribution in [0.5, 0.6) is 0 Å². The Balaban J connectivity index is 0.649. The second-order valence-corrected chi connectivity index (χ2v) is 30.2. The normalized spacial score (nSPS) is 13.2. The standard InChI is InChI=1S/C88H111N23O15/c1-54(112)104-75(44-63-48-94-52-102-63)85(121)109-72(40-55-24-26-57-14-2-4-16-59(57)38-55)83(119)107-70(23-11-29-99-88(92)93)82(118)111-74(43-62-47-101-68-21-9-7-19-66(62)68)80(116)97-31-13-33-124-35-37-125-36-34-123-32-12-30-96-77(113)50-126-51-78(114)105-76(45-64-49-95-53-103-64)86(122)110-73(41-56-25-27-58-15-3-5-17-60(58)39-56)84(120)106-69(22-10-28-98-87(90)91)81(117)108-71(79(89)115)42-61-46-100-67-20-8-6-18-65(61)67/h2-9,14-21,24-27,38-39,46-49,52-53,69-76,100-101H,10-13,22-23,28-37,40-45,50-51H2,1H3,(H2,89,115)(H,94,102)(H,95,103)(H,96,113)(H,97,116)(H,104,112)(H,105,114)(H,106,120)(H,107,119)(H,108,117)(H,109,121)(H,110,122)(H,111,118)(H4,90,91,98)(H4,92,93,99)/t69-,70-,71-,72+,73+,74-,75-,76-/m0/s1. The highest BCUT2D eigenvalue weighted by molar-refractivity contribution is 5.99. The molecule has 8 atom stereocenters. The first-order valence-corrected chi connectivity index (χ1v) is 41.7. The van der Waals surface area contributed by atoms with E-state index in [1.54, 1.807) is 18.5 Å². The van der Waals surface area contributed by atoms with Crippen LogP contribution in [0.4, 0.5) is 0 Å². The summed E-state index contributed by atoms with van der Waals surface area (Å²) >= 11 is 0. The molecule has 24 N–H and O–H groups in total. The maximum Gasteiger partial charge on any atom is 0.246 e. The van der Waals surface area contributed by atoms with Gasteiger partial charge in [-0.2, -0.15) is 0 Å². The third-order valence-corrected chi connectivity index (χ3v) is 20.6. The van der Waals surface area contributed by atoms with Crippen LogP contribution in [0.25, 0.3) is 43.4 Å². The first-order chi connectivity index (χ1) is 61.0. The third-order valence-electron chi connectivity index (χ3n) is 20.6. The molecule has 38 heteroatoms. The van der Waals surface area contributed by atoms with Gasteiger partial charge in [-0.05, 0) is 94.5 Å². The number of nitrogens with one attached hydrogen (secondary N) is 18. The van der Waals surface area contributed by atoms with Crippen molar-refractivity contribution in [2.45, 2.75) is 132 Å². The summed E-state index contributed by atoms with van der Waals surface area (Å²) in [5.74, 6) is -8.09. The average molecular weight is 1730 g/mol. The van der Waals surface area contributed by atoms with Gasteiger partial charge in [0.2, 0.25) is 65.0 Å². The minimum Gasteiger partial charge on any atom is -0.379 e. The van der Waals surface area contributed by atoms with E-state index in [0.717, 1.165) is 48.9 Å². The first kappa shape index (κ1) is 94.1. The summed E-state index contributed by atoms with van der Waals surface area (Å²) in [6, 6.07) is 31.3. The van der Waals surface area contributed by atoms with Crippen LogP contribution in [0.15, 0.2) is 171 Å². The molecule has 0 fully saturated rings. The monoisotopic (exact) mass is 1730 g/mol. The lowest BCUT2D eigenvalue weighted by Crippen LogP contribution is -2.59. The predicted octanol–water partition coefficient (Wildman–Crippen LogP) is 1.15. The van der Waals surface area contributed by atoms with Gasteiger partial charge in [-0.15, -0.1) is 0 Å². The minimum atomic E-state index is -1.36. The van der Waals surface area contributed by atoms with Gasteiger partial charge >= 0.3 is 0 Å². The molecule has 4 aromatic heterocycles. The van der Waals surface area contributed by atoms with Gasteiger partial charge in [0.05, 0.1) is 39.1 Å². The molecule has 0 aliphatic heterocycles. The number of guanidine groups is 2. The van der Waals surface area contributed by atoms with E-state index in [1.807, 2.05) is 127 Å². The summed E-state index contributed by atoms with van der Waals surface area (Å²) in [6.45, 7) is 2.32. The molecule has 11 amide bonds. The van der Waals surface area contributed by atoms with Crippen LogP contribution >= 0.6 is 0 Å². The molecule has 4 heterocycles. The van der Waals surface area contributed by atoms with E-state index in [-0.39, 0.29) is 142 Å². The Morgan fingerprint density at radius 2 is 0.746 bits per heavy atom. The molecular weight excluding hydrogens is 1620 g/mol. The molecule has 6 aromatic carbocycles. The zero-order valence-corrected chi connectivity index (χ0v) is 70.0. The number of fused-ring (bicyclic) bond motifs is 4. The maximum atomic E-state index is 14.8. The third kappa shape index (κ3) is 30.7. The van der Waals surface area contributed by atoms with E-state index in [1.165, 1.54) is 32.0 Å². The van der Waals surface area contributed by atoms with Crippen molar-refractivity contribution in [2.24, 2.45) is 17.2 Å². The van der Waals surface area contributed by atoms with Gasteiger partial charge in [-0.1, -0.05) is 121 Å². The Kier molecular flexibility index (Phi) is 36.8. The summed E-state index contributed by atoms with van der Waals surface area (Å²) in [4.78, 5) is 174. The van der Waals surface area contributed by atoms with Crippen LogP contribution in [0, 0.1) is 10.8 Å². The number of nitrogens with zero attached hydrogens (tertiary/aromatic N) is 2. The number of ether oxygens (including phenoxy) is 4. The van der Waals surface area contributed by atoms with E-state index in [4.69, 9.17) is 47.0 Å². The molecule has 126 heavy (non-hydrogen) atoms. The van der Waals surface area contributed by atoms with Crippen LogP contribution in [0.3, 0.4) is 0 Å². The lowest BCUT2D eigenvalue weighted by molar-refractivity contribution is -0.135. The van der Waals surface area contributed by atoms with Crippen LogP contribution in [-0.4, -0.2) is 234 Å². The van der Waals surface area contributed by atoms with Gasteiger partial charge in [-0.25, -0.2) is 9.97 Å². The molecule has 0 saturated heterocycles. The highest BCUT2D eigenvalue weighted by atomic mass is 16.5. The van der Waals surface area contributed by atoms with Crippen LogP contribution in [0.1, 0.15) is 79.1 Å². The second kappa shape index (κ2) is 49.3. The number of para-hydroxylation sites is 2. The summed E-state index contributed by atoms with van der Waals surface area (Å²) in [5.41, 5.74) is 22.4. The number of rotatable bonds is 54. The number of H-pyrrole nitrogens is 4. The molecule has 0 unspecified atom stereocenters. The number of aromatic nitrogens is 6. The first-order valence-electron chi connectivity index (χ1n) is 41.7. The van der Waals surface area contributed by atoms with Gasteiger partial charge < -0.3 is 120 Å². The van der Waals surface area contributed by atoms with Crippen molar-refractivity contribution in [1.29, 1.82) is 10.8 Å². The maximum absolute atomic E-state index is 14.8. The van der Waals surface area contributed by atoms with Crippen molar-refractivity contribution in [2.75, 3.05) is 79.0 Å². The lowest BCUT2D eigenvalue weighted by atomic mass is 9.99. The fourth-order valence-corrected chi connectivity index (χ4v) is 14.2. The molecule has 0 aliphatic carbocycles. The van der Waals surface area contributed by atoms with Gasteiger partial charge in [0.25, 0.3) is 0 Å². The molecule has 0 radical (unpaired) electrons. The number of nitrogens with two attached hydrogens (primary N) is 3. The smallest absolute Gasteiger partial charge is 0.246 e. The molecule has 38 nitrogen and oxygen atoms in total. The summed E-state index contributed by atoms with van der Waals surface area (Å²) in [7, 11) is 0. The molecule has 0 bridgehead atoms. The van der Waals surface area contributed by atoms with Crippen LogP contribution < -0.4 is 81.0 Å². The van der Waals surface area contributed by atoms with Crippen molar-refractivity contribution in [3.63, 3.8) is 0 Å². The average Bonchev–Trinajstić information content (AvgIpc) is 1.38. The van der Waals surface area contributed by atoms with Crippen molar-refractivity contribution in [1.82, 2.24) is 93.7 Å². The van der Waals surface area contributed by atoms with Gasteiger partial charge in [0.1, 0.15) is 61.5 Å². The fourth-order valence-electron chi connectivity index (χ4n) is 14.2. The fraction of sp³-hybridized carbons (Fsp3) is 0.375. The van der Waals surface area contributed by atoms with Crippen molar-refractivity contribution < 1.29 is 71.7 Å². The van der Waals surface area contributed by atoms with E-state index < -0.39 is 127 Å². The highest BCUT2D eigenvalue weighted by Crippen LogP contribution is 2.24. The number of primary amides is 1. The number of benzene rings is 6. The van der Waals surface area contributed by atoms with Gasteiger partial charge in [0.15, 0.2) is 11.9 Å². The van der Waals surface area contributed by atoms with Crippen molar-refractivity contribution >= 4 is 120 Å². The second-order valence-electron chi connectivity index (χ2n) is 30.2. The van der Waals surface area contributed by atoms with E-state index >= 15 is 0 Å². The molecule has 0 spiro atoms. The van der Waals surface area contributed by atoms with Crippen LogP contribution in [-0.2, 0) is 110 Å². The number of aromatic amines is 4. The van der Waals surface area contributed by atoms with Gasteiger partial charge in [0, 0.05) is 143 Å². The van der Waals surface area contributed by atoms with Crippen molar-refractivity contribution in [3.05, 3.63) is 205 Å². The minimum absolute atomic E-state index is 0.00525. The number of imidazole rings is 2. The van der Waals surface area contributed by atoms with E-state index in [9.17, 15) is 52.7 Å². The highest BCUT2D eigenvalue weighted by Gasteiger charge is 2.35. The molecule has 10 rings (SSSR count). The summed E-state index contributed by atoms with van der Waals surface area (Å²) in [6.07, 6.45) is 10.5. The topological polar surface area (TPSA) is 584 Å². The Hall–Kier alpha value is -14.1. The number of hydrogen-bond donors (Lipinski definition) is 21. The lowest BCUT2D eigenvalue weighted by Gasteiger charge is -2.27. The Morgan fingerprint density at radius 3 is 1.20 bits per heavy atom. The number of hydrogen-bond acceptors (Lipinski definition) is 19. The van der Waals surface area contributed by atoms with E-state index in [0.29, 0.717) is 40.9 Å².